The molecule has 0 radical (unpaired) electrons. The van der Waals surface area contributed by atoms with Crippen LogP contribution in [0.2, 0.25) is 0 Å². The molecule has 7 nitrogen and oxygen atoms in total. The monoisotopic (exact) mass is 476 g/mol. The second kappa shape index (κ2) is 10.2. The Morgan fingerprint density at radius 3 is 2.21 bits per heavy atom. The molecule has 0 spiro atoms. The number of hydrogen-bond acceptors (Lipinski definition) is 7. The second-order valence-corrected chi connectivity index (χ2v) is 11.0. The van der Waals surface area contributed by atoms with Gasteiger partial charge in [-0.1, -0.05) is 19.9 Å². The summed E-state index contributed by atoms with van der Waals surface area (Å²) in [4.78, 5) is 47.7. The van der Waals surface area contributed by atoms with Gasteiger partial charge in [-0.05, 0) is 69.3 Å². The summed E-state index contributed by atoms with van der Waals surface area (Å²) in [6, 6.07) is 0. The molecule has 0 heterocycles. The van der Waals surface area contributed by atoms with Crippen molar-refractivity contribution in [2.45, 2.75) is 98.7 Å². The third-order valence-corrected chi connectivity index (χ3v) is 8.83. The average Bonchev–Trinajstić information content (AvgIpc) is 3.05. The van der Waals surface area contributed by atoms with Crippen molar-refractivity contribution < 1.29 is 33.4 Å². The number of rotatable bonds is 7. The molecule has 190 valence electrons. The highest BCUT2D eigenvalue weighted by molar-refractivity contribution is 5.95. The van der Waals surface area contributed by atoms with Gasteiger partial charge in [-0.15, -0.1) is 0 Å². The van der Waals surface area contributed by atoms with Crippen LogP contribution >= 0.6 is 0 Å². The molecule has 7 heteroatoms. The van der Waals surface area contributed by atoms with Crippen molar-refractivity contribution in [2.75, 3.05) is 6.61 Å². The van der Waals surface area contributed by atoms with Crippen molar-refractivity contribution >= 4 is 23.7 Å². The molecular formula is C27H40O7. The van der Waals surface area contributed by atoms with Crippen LogP contribution in [0.1, 0.15) is 86.5 Å². The molecular weight excluding hydrogens is 436 g/mol. The van der Waals surface area contributed by atoms with Crippen LogP contribution in [0.15, 0.2) is 11.6 Å². The Bertz CT molecular complexity index is 861. The van der Waals surface area contributed by atoms with Crippen LogP contribution in [0.3, 0.4) is 0 Å². The van der Waals surface area contributed by atoms with Gasteiger partial charge >= 0.3 is 17.9 Å². The zero-order chi connectivity index (χ0) is 25.3. The number of ether oxygens (including phenoxy) is 3. The zero-order valence-corrected chi connectivity index (χ0v) is 21.5. The van der Waals surface area contributed by atoms with Crippen LogP contribution in [0, 0.1) is 28.6 Å². The predicted molar refractivity (Wildman–Crippen MR) is 126 cm³/mol. The Morgan fingerprint density at radius 2 is 1.62 bits per heavy atom. The Labute approximate surface area is 203 Å². The topological polar surface area (TPSA) is 96.0 Å². The highest BCUT2D eigenvalue weighted by atomic mass is 16.5. The Balaban J connectivity index is 1.90. The van der Waals surface area contributed by atoms with E-state index in [9.17, 15) is 19.2 Å². The van der Waals surface area contributed by atoms with E-state index >= 15 is 0 Å². The molecule has 3 aliphatic rings. The fraction of sp³-hybridized carbons (Fsp3) is 0.778. The lowest BCUT2D eigenvalue weighted by atomic mass is 9.52. The van der Waals surface area contributed by atoms with Crippen molar-refractivity contribution in [1.82, 2.24) is 0 Å². The molecule has 2 fully saturated rings. The molecule has 0 saturated heterocycles. The summed E-state index contributed by atoms with van der Waals surface area (Å²) in [7, 11) is 0. The van der Waals surface area contributed by atoms with Crippen molar-refractivity contribution in [1.29, 1.82) is 0 Å². The van der Waals surface area contributed by atoms with Crippen molar-refractivity contribution in [3.63, 3.8) is 0 Å². The Hall–Kier alpha value is -2.18. The minimum absolute atomic E-state index is 0.0404. The summed E-state index contributed by atoms with van der Waals surface area (Å²) < 4.78 is 16.9. The third-order valence-electron chi connectivity index (χ3n) is 8.83. The minimum atomic E-state index is -0.456. The molecule has 2 saturated carbocycles. The van der Waals surface area contributed by atoms with Gasteiger partial charge in [0, 0.05) is 37.5 Å². The first-order chi connectivity index (χ1) is 15.9. The Kier molecular flexibility index (Phi) is 7.93. The summed E-state index contributed by atoms with van der Waals surface area (Å²) in [6.07, 6.45) is 7.16. The third kappa shape index (κ3) is 5.23. The number of hydrogen-bond donors (Lipinski definition) is 0. The van der Waals surface area contributed by atoms with Gasteiger partial charge in [0.2, 0.25) is 0 Å². The molecule has 3 aliphatic carbocycles. The van der Waals surface area contributed by atoms with E-state index in [4.69, 9.17) is 14.2 Å². The van der Waals surface area contributed by atoms with Gasteiger partial charge < -0.3 is 14.2 Å². The lowest BCUT2D eigenvalue weighted by Gasteiger charge is -2.56. The van der Waals surface area contributed by atoms with E-state index < -0.39 is 5.41 Å². The maximum absolute atomic E-state index is 12.6. The number of ketones is 1. The molecule has 0 N–H and O–H groups in total. The number of fused-ring (bicyclic) bond motifs is 1. The zero-order valence-electron chi connectivity index (χ0n) is 21.5. The van der Waals surface area contributed by atoms with E-state index in [1.54, 1.807) is 6.92 Å². The summed E-state index contributed by atoms with van der Waals surface area (Å²) in [5, 5.41) is 0. The first kappa shape index (κ1) is 26.4. The number of allylic oxidation sites excluding steroid dienone is 2. The number of esters is 3. The summed E-state index contributed by atoms with van der Waals surface area (Å²) in [5.41, 5.74) is 0.112. The molecule has 0 aromatic carbocycles. The van der Waals surface area contributed by atoms with Crippen LogP contribution in [0.4, 0.5) is 0 Å². The van der Waals surface area contributed by atoms with Crippen LogP contribution in [0.5, 0.6) is 0 Å². The van der Waals surface area contributed by atoms with E-state index in [-0.39, 0.29) is 59.8 Å². The number of carbonyl (C=O) groups excluding carboxylic acids is 4. The molecule has 0 bridgehead atoms. The van der Waals surface area contributed by atoms with Crippen LogP contribution in [-0.2, 0) is 33.4 Å². The molecule has 34 heavy (non-hydrogen) atoms. The lowest BCUT2D eigenvalue weighted by Crippen LogP contribution is -2.56. The van der Waals surface area contributed by atoms with E-state index in [1.807, 2.05) is 6.08 Å². The van der Waals surface area contributed by atoms with Gasteiger partial charge in [0.05, 0.1) is 6.61 Å². The van der Waals surface area contributed by atoms with Crippen LogP contribution < -0.4 is 0 Å². The van der Waals surface area contributed by atoms with Crippen molar-refractivity contribution in [3.8, 4) is 0 Å². The van der Waals surface area contributed by atoms with Crippen LogP contribution in [0.25, 0.3) is 0 Å². The van der Waals surface area contributed by atoms with Crippen molar-refractivity contribution in [3.05, 3.63) is 11.6 Å². The van der Waals surface area contributed by atoms with E-state index in [1.165, 1.54) is 20.8 Å². The minimum Gasteiger partial charge on any atom is -0.466 e. The van der Waals surface area contributed by atoms with Gasteiger partial charge in [0.1, 0.15) is 12.2 Å². The molecule has 0 aromatic heterocycles. The normalized spacial score (nSPS) is 37.2. The SMILES string of the molecule is CC(=O)OCC[C@]1(C)C(C(C)=O)=CCC1C1CC[C@H]2C[C@@H](OC(C)=O)CC[C@]2(C)[C@H]1OC(C)=O. The van der Waals surface area contributed by atoms with Crippen LogP contribution in [-0.4, -0.2) is 42.5 Å². The fourth-order valence-electron chi connectivity index (χ4n) is 7.25. The molecule has 7 atom stereocenters. The van der Waals surface area contributed by atoms with E-state index in [0.29, 0.717) is 12.3 Å². The summed E-state index contributed by atoms with van der Waals surface area (Å²) in [6.45, 7) is 10.5. The second-order valence-electron chi connectivity index (χ2n) is 11.0. The summed E-state index contributed by atoms with van der Waals surface area (Å²) in [5.74, 6) is -0.351. The smallest absolute Gasteiger partial charge is 0.302 e. The average molecular weight is 477 g/mol. The molecule has 0 amide bonds. The van der Waals surface area contributed by atoms with E-state index in [2.05, 4.69) is 13.8 Å². The largest absolute Gasteiger partial charge is 0.466 e. The standard InChI is InChI=1S/C27H40O7/c1-16(28)23-9-10-24(27(23,6)13-14-32-17(2)29)22-8-7-20-15-21(33-18(3)30)11-12-26(20,5)25(22)34-19(4)31/h9,20-22,24-25H,7-8,10-15H2,1-6H3/t20-,21-,22?,24?,25-,26-,27+/m0/s1. The molecule has 2 unspecified atom stereocenters. The van der Waals surface area contributed by atoms with E-state index in [0.717, 1.165) is 44.1 Å². The molecule has 0 aliphatic heterocycles. The maximum atomic E-state index is 12.6. The van der Waals surface area contributed by atoms with Gasteiger partial charge in [0.15, 0.2) is 5.78 Å². The highest BCUT2D eigenvalue weighted by Gasteiger charge is 2.58. The first-order valence-corrected chi connectivity index (χ1v) is 12.6. The number of Topliss-reactive ketones (excluding diaryl/α,β-unsaturated/α-hetero) is 1. The van der Waals surface area contributed by atoms with Gasteiger partial charge in [-0.3, -0.25) is 19.2 Å². The highest BCUT2D eigenvalue weighted by Crippen LogP contribution is 2.60. The number of carbonyl (C=O) groups is 4. The molecule has 0 aromatic rings. The molecule has 3 rings (SSSR count). The Morgan fingerprint density at radius 1 is 0.941 bits per heavy atom. The lowest BCUT2D eigenvalue weighted by molar-refractivity contribution is -0.187. The quantitative estimate of drug-likeness (QED) is 0.392. The van der Waals surface area contributed by atoms with Gasteiger partial charge in [-0.2, -0.15) is 0 Å². The first-order valence-electron chi connectivity index (χ1n) is 12.6. The predicted octanol–water partition coefficient (Wildman–Crippen LogP) is 4.56. The van der Waals surface area contributed by atoms with Gasteiger partial charge in [0.25, 0.3) is 0 Å². The van der Waals surface area contributed by atoms with Gasteiger partial charge in [-0.25, -0.2) is 0 Å². The fourth-order valence-corrected chi connectivity index (χ4v) is 7.25. The summed E-state index contributed by atoms with van der Waals surface area (Å²) >= 11 is 0. The maximum Gasteiger partial charge on any atom is 0.302 e. The van der Waals surface area contributed by atoms with Crippen molar-refractivity contribution in [2.24, 2.45) is 28.6 Å².